The lowest BCUT2D eigenvalue weighted by molar-refractivity contribution is 0.0967. The maximum Gasteiger partial charge on any atom is 0.164 e. The number of benzene rings is 1. The number of Topliss-reactive ketones (excluding diaryl/α,β-unsaturated/α-hetero) is 1. The molecule has 0 aliphatic heterocycles. The van der Waals surface area contributed by atoms with E-state index in [-0.39, 0.29) is 11.8 Å². The predicted octanol–water partition coefficient (Wildman–Crippen LogP) is 2.90. The molecule has 0 heterocycles. The minimum absolute atomic E-state index is 0.0544. The Bertz CT molecular complexity index is 349. The van der Waals surface area contributed by atoms with E-state index in [1.807, 2.05) is 13.8 Å². The van der Waals surface area contributed by atoms with Crippen molar-refractivity contribution in [1.29, 1.82) is 0 Å². The topological polar surface area (TPSA) is 43.1 Å². The van der Waals surface area contributed by atoms with Crippen LogP contribution in [0.5, 0.6) is 0 Å². The van der Waals surface area contributed by atoms with Gasteiger partial charge in [0.05, 0.1) is 0 Å². The van der Waals surface area contributed by atoms with Crippen LogP contribution in [0, 0.1) is 5.92 Å². The summed E-state index contributed by atoms with van der Waals surface area (Å²) >= 11 is 5.80. The van der Waals surface area contributed by atoms with Crippen LogP contribution in [0.2, 0.25) is 5.02 Å². The fourth-order valence-corrected chi connectivity index (χ4v) is 1.42. The van der Waals surface area contributed by atoms with E-state index >= 15 is 0 Å². The molecule has 0 spiro atoms. The predicted molar refractivity (Wildman–Crippen MR) is 63.2 cm³/mol. The summed E-state index contributed by atoms with van der Waals surface area (Å²) in [6.45, 7) is 4.02. The van der Waals surface area contributed by atoms with Crippen LogP contribution >= 0.6 is 11.6 Å². The van der Waals surface area contributed by atoms with Crippen LogP contribution in [-0.2, 0) is 0 Å². The summed E-state index contributed by atoms with van der Waals surface area (Å²) in [4.78, 5) is 11.8. The van der Waals surface area contributed by atoms with E-state index in [4.69, 9.17) is 17.3 Å². The summed E-state index contributed by atoms with van der Waals surface area (Å²) in [5.41, 5.74) is 6.48. The summed E-state index contributed by atoms with van der Waals surface area (Å²) in [6.07, 6.45) is 0.373. The Hall–Kier alpha value is -0.860. The molecule has 82 valence electrons. The SMILES string of the molecule is CC(C)C(N)CC(=O)c1cccc(Cl)c1. The molecule has 1 rings (SSSR count). The molecule has 0 aromatic heterocycles. The van der Waals surface area contributed by atoms with Gasteiger partial charge in [-0.05, 0) is 18.1 Å². The van der Waals surface area contributed by atoms with Crippen molar-refractivity contribution < 1.29 is 4.79 Å². The van der Waals surface area contributed by atoms with Crippen molar-refractivity contribution in [3.8, 4) is 0 Å². The smallest absolute Gasteiger partial charge is 0.164 e. The third-order valence-electron chi connectivity index (χ3n) is 2.42. The van der Waals surface area contributed by atoms with Gasteiger partial charge in [-0.25, -0.2) is 0 Å². The Morgan fingerprint density at radius 1 is 1.47 bits per heavy atom. The quantitative estimate of drug-likeness (QED) is 0.801. The largest absolute Gasteiger partial charge is 0.327 e. The van der Waals surface area contributed by atoms with Crippen LogP contribution in [0.25, 0.3) is 0 Å². The van der Waals surface area contributed by atoms with Gasteiger partial charge in [0.1, 0.15) is 0 Å². The first-order valence-corrected chi connectivity index (χ1v) is 5.43. The Kier molecular flexibility index (Phi) is 4.30. The van der Waals surface area contributed by atoms with Crippen molar-refractivity contribution in [1.82, 2.24) is 0 Å². The number of hydrogen-bond donors (Lipinski definition) is 1. The van der Waals surface area contributed by atoms with E-state index in [0.29, 0.717) is 22.9 Å². The molecular formula is C12H16ClNO. The fraction of sp³-hybridized carbons (Fsp3) is 0.417. The lowest BCUT2D eigenvalue weighted by Crippen LogP contribution is -2.29. The lowest BCUT2D eigenvalue weighted by atomic mass is 9.97. The first-order valence-electron chi connectivity index (χ1n) is 5.05. The van der Waals surface area contributed by atoms with E-state index < -0.39 is 0 Å². The number of carbonyl (C=O) groups excluding carboxylic acids is 1. The van der Waals surface area contributed by atoms with Gasteiger partial charge in [0.2, 0.25) is 0 Å². The summed E-state index contributed by atoms with van der Waals surface area (Å²) < 4.78 is 0. The zero-order chi connectivity index (χ0) is 11.4. The Labute approximate surface area is 95.4 Å². The van der Waals surface area contributed by atoms with Crippen molar-refractivity contribution in [3.05, 3.63) is 34.9 Å². The number of nitrogens with two attached hydrogens (primary N) is 1. The second-order valence-corrected chi connectivity index (χ2v) is 4.48. The average molecular weight is 226 g/mol. The van der Waals surface area contributed by atoms with E-state index in [0.717, 1.165) is 0 Å². The highest BCUT2D eigenvalue weighted by molar-refractivity contribution is 6.31. The van der Waals surface area contributed by atoms with Gasteiger partial charge in [0.25, 0.3) is 0 Å². The zero-order valence-electron chi connectivity index (χ0n) is 9.03. The van der Waals surface area contributed by atoms with E-state index in [2.05, 4.69) is 0 Å². The second kappa shape index (κ2) is 5.29. The number of ketones is 1. The van der Waals surface area contributed by atoms with E-state index in [1.165, 1.54) is 0 Å². The number of carbonyl (C=O) groups is 1. The minimum atomic E-state index is -0.0866. The molecular weight excluding hydrogens is 210 g/mol. The standard InChI is InChI=1S/C12H16ClNO/c1-8(2)11(14)7-12(15)9-4-3-5-10(13)6-9/h3-6,8,11H,7,14H2,1-2H3. The van der Waals surface area contributed by atoms with Crippen molar-refractivity contribution in [2.75, 3.05) is 0 Å². The molecule has 0 aliphatic rings. The van der Waals surface area contributed by atoms with Crippen LogP contribution in [0.15, 0.2) is 24.3 Å². The van der Waals surface area contributed by atoms with E-state index in [9.17, 15) is 4.79 Å². The average Bonchev–Trinajstić information content (AvgIpc) is 2.17. The molecule has 15 heavy (non-hydrogen) atoms. The molecule has 1 unspecified atom stereocenters. The van der Waals surface area contributed by atoms with Crippen LogP contribution < -0.4 is 5.73 Å². The molecule has 0 saturated carbocycles. The number of halogens is 1. The number of rotatable bonds is 4. The summed E-state index contributed by atoms with van der Waals surface area (Å²) in [7, 11) is 0. The Morgan fingerprint density at radius 3 is 2.67 bits per heavy atom. The first kappa shape index (κ1) is 12.2. The molecule has 0 bridgehead atoms. The molecule has 3 heteroatoms. The van der Waals surface area contributed by atoms with Crippen molar-refractivity contribution in [3.63, 3.8) is 0 Å². The van der Waals surface area contributed by atoms with Gasteiger partial charge < -0.3 is 5.73 Å². The molecule has 1 aromatic rings. The monoisotopic (exact) mass is 225 g/mol. The van der Waals surface area contributed by atoms with Gasteiger partial charge in [-0.3, -0.25) is 4.79 Å². The first-order chi connectivity index (χ1) is 7.00. The molecule has 1 aromatic carbocycles. The highest BCUT2D eigenvalue weighted by atomic mass is 35.5. The molecule has 1 atom stereocenters. The Balaban J connectivity index is 2.69. The van der Waals surface area contributed by atoms with Gasteiger partial charge in [0, 0.05) is 23.0 Å². The molecule has 2 N–H and O–H groups in total. The minimum Gasteiger partial charge on any atom is -0.327 e. The third kappa shape index (κ3) is 3.65. The second-order valence-electron chi connectivity index (χ2n) is 4.05. The van der Waals surface area contributed by atoms with Gasteiger partial charge in [-0.1, -0.05) is 37.6 Å². The van der Waals surface area contributed by atoms with Gasteiger partial charge in [-0.2, -0.15) is 0 Å². The van der Waals surface area contributed by atoms with Gasteiger partial charge in [0.15, 0.2) is 5.78 Å². The van der Waals surface area contributed by atoms with Crippen LogP contribution in [0.1, 0.15) is 30.6 Å². The summed E-state index contributed by atoms with van der Waals surface area (Å²) in [6, 6.07) is 6.88. The van der Waals surface area contributed by atoms with Crippen molar-refractivity contribution in [2.24, 2.45) is 11.7 Å². The normalized spacial score (nSPS) is 12.9. The summed E-state index contributed by atoms with van der Waals surface area (Å²) in [5, 5.41) is 0.582. The fourth-order valence-electron chi connectivity index (χ4n) is 1.23. The maximum absolute atomic E-state index is 11.8. The van der Waals surface area contributed by atoms with Gasteiger partial charge >= 0.3 is 0 Å². The molecule has 0 saturated heterocycles. The zero-order valence-corrected chi connectivity index (χ0v) is 9.79. The Morgan fingerprint density at radius 2 is 2.13 bits per heavy atom. The summed E-state index contributed by atoms with van der Waals surface area (Å²) in [5.74, 6) is 0.367. The van der Waals surface area contributed by atoms with Crippen molar-refractivity contribution >= 4 is 17.4 Å². The van der Waals surface area contributed by atoms with Gasteiger partial charge in [-0.15, -0.1) is 0 Å². The van der Waals surface area contributed by atoms with Crippen molar-refractivity contribution in [2.45, 2.75) is 26.3 Å². The highest BCUT2D eigenvalue weighted by Gasteiger charge is 2.14. The van der Waals surface area contributed by atoms with Crippen LogP contribution in [-0.4, -0.2) is 11.8 Å². The van der Waals surface area contributed by atoms with E-state index in [1.54, 1.807) is 24.3 Å². The van der Waals surface area contributed by atoms with Crippen LogP contribution in [0.4, 0.5) is 0 Å². The van der Waals surface area contributed by atoms with Crippen LogP contribution in [0.3, 0.4) is 0 Å². The third-order valence-corrected chi connectivity index (χ3v) is 2.66. The molecule has 0 aliphatic carbocycles. The molecule has 0 fully saturated rings. The molecule has 0 radical (unpaired) electrons. The number of hydrogen-bond acceptors (Lipinski definition) is 2. The lowest BCUT2D eigenvalue weighted by Gasteiger charge is -2.14. The maximum atomic E-state index is 11.8. The molecule has 2 nitrogen and oxygen atoms in total. The molecule has 0 amide bonds. The highest BCUT2D eigenvalue weighted by Crippen LogP contribution is 2.14.